The van der Waals surface area contributed by atoms with E-state index in [4.69, 9.17) is 28.4 Å². The molecule has 0 fully saturated rings. The average molecular weight is 830 g/mol. The summed E-state index contributed by atoms with van der Waals surface area (Å²) in [7, 11) is 4.98. The van der Waals surface area contributed by atoms with Crippen LogP contribution < -0.4 is 18.9 Å². The van der Waals surface area contributed by atoms with Crippen molar-refractivity contribution < 1.29 is 57.8 Å². The number of methoxy groups -OCH3 is 4. The smallest absolute Gasteiger partial charge is 0.345 e. The molecule has 230 valence electrons. The molecule has 0 saturated carbocycles. The maximum Gasteiger partial charge on any atom is 0.345 e. The Morgan fingerprint density at radius 2 is 0.932 bits per heavy atom. The van der Waals surface area contributed by atoms with E-state index < -0.39 is 46.5 Å². The molecule has 0 bridgehead atoms. The molecule has 0 unspecified atom stereocenters. The minimum Gasteiger partial charge on any atom is -0.506 e. The van der Waals surface area contributed by atoms with Crippen LogP contribution in [0.15, 0.2) is 24.3 Å². The van der Waals surface area contributed by atoms with Crippen molar-refractivity contribution in [2.45, 2.75) is 13.8 Å². The molecule has 0 atom stereocenters. The van der Waals surface area contributed by atoms with Crippen molar-refractivity contribution in [3.05, 3.63) is 42.5 Å². The van der Waals surface area contributed by atoms with Crippen molar-refractivity contribution in [3.63, 3.8) is 0 Å². The number of hydrogen-bond donors (Lipinski definition) is 2. The summed E-state index contributed by atoms with van der Waals surface area (Å²) in [6, 6.07) is 6.14. The van der Waals surface area contributed by atoms with Gasteiger partial charge in [-0.3, -0.25) is 9.59 Å². The molecule has 0 aliphatic carbocycles. The third-order valence-corrected chi connectivity index (χ3v) is 8.22. The van der Waals surface area contributed by atoms with Crippen LogP contribution >= 0.6 is 45.2 Å². The maximum absolute atomic E-state index is 13.2. The van der Waals surface area contributed by atoms with Crippen molar-refractivity contribution in [1.29, 1.82) is 0 Å². The molecule has 12 nitrogen and oxygen atoms in total. The number of hydrogen-bond acceptors (Lipinski definition) is 12. The zero-order valence-electron chi connectivity index (χ0n) is 24.0. The molecule has 4 aromatic carbocycles. The van der Waals surface area contributed by atoms with E-state index in [2.05, 4.69) is 0 Å². The molecule has 0 amide bonds. The second-order valence-electron chi connectivity index (χ2n) is 9.09. The predicted molar refractivity (Wildman–Crippen MR) is 174 cm³/mol. The Balaban J connectivity index is 2.42. The van der Waals surface area contributed by atoms with Crippen LogP contribution in [0.2, 0.25) is 0 Å². The van der Waals surface area contributed by atoms with Gasteiger partial charge in [0.05, 0.1) is 35.6 Å². The molecule has 4 aromatic rings. The third-order valence-electron chi connectivity index (χ3n) is 6.53. The van der Waals surface area contributed by atoms with E-state index in [9.17, 15) is 29.4 Å². The summed E-state index contributed by atoms with van der Waals surface area (Å²) < 4.78 is 32.8. The second-order valence-corrected chi connectivity index (χ2v) is 11.4. The maximum atomic E-state index is 13.2. The molecule has 14 heteroatoms. The van der Waals surface area contributed by atoms with E-state index in [-0.39, 0.29) is 44.2 Å². The molecule has 4 rings (SSSR count). The van der Waals surface area contributed by atoms with Crippen LogP contribution in [0.5, 0.6) is 34.5 Å². The first-order valence-corrected chi connectivity index (χ1v) is 14.6. The number of rotatable bonds is 7. The number of phenolic OH excluding ortho intramolecular Hbond substituents is 2. The number of carbonyl (C=O) groups excluding carboxylic acids is 4. The Morgan fingerprint density at radius 1 is 0.591 bits per heavy atom. The van der Waals surface area contributed by atoms with Gasteiger partial charge in [-0.05, 0) is 80.2 Å². The van der Waals surface area contributed by atoms with Crippen molar-refractivity contribution >= 4 is 90.6 Å². The highest BCUT2D eigenvalue weighted by molar-refractivity contribution is 14.1. The number of fused-ring (bicyclic) bond motifs is 2. The highest BCUT2D eigenvalue weighted by Crippen LogP contribution is 2.55. The molecule has 44 heavy (non-hydrogen) atoms. The van der Waals surface area contributed by atoms with Gasteiger partial charge in [0.1, 0.15) is 34.1 Å². The zero-order valence-corrected chi connectivity index (χ0v) is 28.4. The van der Waals surface area contributed by atoms with Crippen LogP contribution in [0.25, 0.3) is 32.7 Å². The Kier molecular flexibility index (Phi) is 9.62. The topological polar surface area (TPSA) is 164 Å². The number of carbonyl (C=O) groups is 4. The number of phenols is 2. The van der Waals surface area contributed by atoms with Crippen molar-refractivity contribution in [3.8, 4) is 45.6 Å². The lowest BCUT2D eigenvalue weighted by Gasteiger charge is -2.22. The van der Waals surface area contributed by atoms with Crippen molar-refractivity contribution in [1.82, 2.24) is 0 Å². The molecule has 0 aromatic heterocycles. The second kappa shape index (κ2) is 12.9. The number of benzene rings is 4. The molecular formula is C30H24I2O12. The predicted octanol–water partition coefficient (Wildman–Crippen LogP) is 5.72. The molecule has 0 radical (unpaired) electrons. The molecule has 0 saturated heterocycles. The van der Waals surface area contributed by atoms with Crippen molar-refractivity contribution in [2.75, 3.05) is 28.4 Å². The Bertz CT molecular complexity index is 1760. The fourth-order valence-corrected chi connectivity index (χ4v) is 6.16. The van der Waals surface area contributed by atoms with Gasteiger partial charge in [0.25, 0.3) is 0 Å². The zero-order chi connectivity index (χ0) is 32.6. The molecule has 0 aliphatic rings. The minimum absolute atomic E-state index is 0.130. The molecule has 2 N–H and O–H groups in total. The quantitative estimate of drug-likeness (QED) is 0.133. The Hall–Kier alpha value is -4.06. The molecule has 0 heterocycles. The number of esters is 4. The monoisotopic (exact) mass is 830 g/mol. The van der Waals surface area contributed by atoms with E-state index >= 15 is 0 Å². The van der Waals surface area contributed by atoms with Gasteiger partial charge in [-0.2, -0.15) is 0 Å². The standard InChI is InChI=1S/C30H24I2O12/c1-11(33)43-27-15-9-19(39-3)17(31)7-13(15)21(25(35)23(27)29(37)41-5)22-14-8-18(32)20(40-4)10-16(14)28(44-12(2)34)24(26(22)36)30(38)42-6/h7-10,35-36H,1-6H3. The first-order valence-electron chi connectivity index (χ1n) is 12.5. The van der Waals surface area contributed by atoms with E-state index in [1.54, 1.807) is 12.1 Å². The van der Waals surface area contributed by atoms with Gasteiger partial charge in [0, 0.05) is 35.7 Å². The van der Waals surface area contributed by atoms with E-state index in [1.165, 1.54) is 26.4 Å². The van der Waals surface area contributed by atoms with Crippen LogP contribution in [-0.4, -0.2) is 62.5 Å². The fraction of sp³-hybridized carbons (Fsp3) is 0.200. The first-order chi connectivity index (χ1) is 20.8. The molecule has 0 aliphatic heterocycles. The van der Waals surface area contributed by atoms with Gasteiger partial charge in [-0.1, -0.05) is 0 Å². The van der Waals surface area contributed by atoms with Gasteiger partial charge >= 0.3 is 23.9 Å². The van der Waals surface area contributed by atoms with Gasteiger partial charge in [-0.15, -0.1) is 0 Å². The van der Waals surface area contributed by atoms with Gasteiger partial charge in [-0.25, -0.2) is 9.59 Å². The SMILES string of the molecule is COC(=O)c1c(O)c(-c2c(O)c(C(=O)OC)c(OC(C)=O)c3cc(OC)c(I)cc23)c2cc(I)c(OC)cc2c1OC(C)=O. The summed E-state index contributed by atoms with van der Waals surface area (Å²) in [5.74, 6) is -5.15. The summed E-state index contributed by atoms with van der Waals surface area (Å²) >= 11 is 3.98. The minimum atomic E-state index is -1.07. The summed E-state index contributed by atoms with van der Waals surface area (Å²) in [5, 5.41) is 24.3. The van der Waals surface area contributed by atoms with Crippen LogP contribution in [0, 0.1) is 7.14 Å². The lowest BCUT2D eigenvalue weighted by molar-refractivity contribution is -0.132. The van der Waals surface area contributed by atoms with E-state index in [0.29, 0.717) is 18.6 Å². The Morgan fingerprint density at radius 3 is 1.20 bits per heavy atom. The number of aromatic hydroxyl groups is 2. The first kappa shape index (κ1) is 32.8. The van der Waals surface area contributed by atoms with Crippen molar-refractivity contribution in [2.24, 2.45) is 0 Å². The van der Waals surface area contributed by atoms with Gasteiger partial charge in [0.2, 0.25) is 0 Å². The summed E-state index contributed by atoms with van der Waals surface area (Å²) in [5.41, 5.74) is -1.35. The normalized spacial score (nSPS) is 10.8. The number of ether oxygens (including phenoxy) is 6. The lowest BCUT2D eigenvalue weighted by atomic mass is 9.87. The average Bonchev–Trinajstić information content (AvgIpc) is 2.97. The van der Waals surface area contributed by atoms with E-state index in [0.717, 1.165) is 28.1 Å². The van der Waals surface area contributed by atoms with Crippen LogP contribution in [0.4, 0.5) is 0 Å². The highest BCUT2D eigenvalue weighted by atomic mass is 127. The summed E-state index contributed by atoms with van der Waals surface area (Å²) in [6.07, 6.45) is 0. The summed E-state index contributed by atoms with van der Waals surface area (Å²) in [6.45, 7) is 2.24. The van der Waals surface area contributed by atoms with Crippen LogP contribution in [-0.2, 0) is 19.1 Å². The largest absolute Gasteiger partial charge is 0.506 e. The highest BCUT2D eigenvalue weighted by Gasteiger charge is 2.34. The summed E-state index contributed by atoms with van der Waals surface area (Å²) in [4.78, 5) is 50.7. The fourth-order valence-electron chi connectivity index (χ4n) is 4.79. The number of halogens is 2. The van der Waals surface area contributed by atoms with Crippen LogP contribution in [0.3, 0.4) is 0 Å². The van der Waals surface area contributed by atoms with Crippen LogP contribution in [0.1, 0.15) is 34.6 Å². The molecular weight excluding hydrogens is 806 g/mol. The Labute approximate surface area is 277 Å². The third kappa shape index (κ3) is 5.62. The van der Waals surface area contributed by atoms with Gasteiger partial charge in [0.15, 0.2) is 11.5 Å². The van der Waals surface area contributed by atoms with E-state index in [1.807, 2.05) is 45.2 Å². The van der Waals surface area contributed by atoms with Gasteiger partial charge < -0.3 is 38.6 Å². The lowest BCUT2D eigenvalue weighted by Crippen LogP contribution is -2.12. The molecule has 0 spiro atoms.